The highest BCUT2D eigenvalue weighted by Crippen LogP contribution is 2.27. The quantitative estimate of drug-likeness (QED) is 0.493. The summed E-state index contributed by atoms with van der Waals surface area (Å²) < 4.78 is 33.5. The van der Waals surface area contributed by atoms with Crippen molar-refractivity contribution in [2.45, 2.75) is 31.6 Å². The smallest absolute Gasteiger partial charge is 0.264 e. The Balaban J connectivity index is 1.93. The van der Waals surface area contributed by atoms with Gasteiger partial charge in [-0.15, -0.1) is 0 Å². The van der Waals surface area contributed by atoms with E-state index in [0.29, 0.717) is 29.6 Å². The number of para-hydroxylation sites is 2. The molecule has 0 unspecified atom stereocenters. The van der Waals surface area contributed by atoms with E-state index in [4.69, 9.17) is 4.74 Å². The van der Waals surface area contributed by atoms with Crippen LogP contribution in [0.3, 0.4) is 0 Å². The predicted molar refractivity (Wildman–Crippen MR) is 128 cm³/mol. The third kappa shape index (κ3) is 5.48. The number of nitrogens with zero attached hydrogens (tertiary/aromatic N) is 1. The minimum Gasteiger partial charge on any atom is -0.492 e. The van der Waals surface area contributed by atoms with E-state index in [1.165, 1.54) is 12.1 Å². The lowest BCUT2D eigenvalue weighted by Crippen LogP contribution is -2.38. The lowest BCUT2D eigenvalue weighted by Gasteiger charge is -2.24. The number of rotatable bonds is 9. The van der Waals surface area contributed by atoms with Crippen molar-refractivity contribution in [3.63, 3.8) is 0 Å². The second-order valence-corrected chi connectivity index (χ2v) is 9.41. The van der Waals surface area contributed by atoms with Crippen LogP contribution in [0.2, 0.25) is 0 Å². The summed E-state index contributed by atoms with van der Waals surface area (Å²) in [5, 5.41) is 2.78. The Hall–Kier alpha value is -3.32. The van der Waals surface area contributed by atoms with Gasteiger partial charge in [0.2, 0.25) is 5.91 Å². The molecule has 6 nitrogen and oxygen atoms in total. The van der Waals surface area contributed by atoms with Crippen LogP contribution in [0.4, 0.5) is 11.4 Å². The van der Waals surface area contributed by atoms with Gasteiger partial charge in [0, 0.05) is 0 Å². The lowest BCUT2D eigenvalue weighted by molar-refractivity contribution is -0.114. The van der Waals surface area contributed by atoms with E-state index in [2.05, 4.69) is 19.2 Å². The first-order chi connectivity index (χ1) is 15.3. The zero-order chi connectivity index (χ0) is 23.1. The number of carbonyl (C=O) groups is 1. The fraction of sp³-hybridized carbons (Fsp3) is 0.240. The molecule has 0 saturated carbocycles. The molecule has 32 heavy (non-hydrogen) atoms. The molecular formula is C25H28N2O4S. The van der Waals surface area contributed by atoms with Gasteiger partial charge in [0.15, 0.2) is 0 Å². The van der Waals surface area contributed by atoms with Crippen molar-refractivity contribution in [1.29, 1.82) is 0 Å². The molecule has 0 aliphatic heterocycles. The van der Waals surface area contributed by atoms with E-state index < -0.39 is 15.9 Å². The number of hydrogen-bond acceptors (Lipinski definition) is 4. The van der Waals surface area contributed by atoms with Crippen LogP contribution in [0.1, 0.15) is 32.3 Å². The summed E-state index contributed by atoms with van der Waals surface area (Å²) in [5.74, 6) is 0.369. The Kier molecular flexibility index (Phi) is 7.53. The number of nitrogens with one attached hydrogen (secondary N) is 1. The fourth-order valence-electron chi connectivity index (χ4n) is 3.23. The number of anilines is 2. The zero-order valence-electron chi connectivity index (χ0n) is 18.5. The maximum Gasteiger partial charge on any atom is 0.264 e. The van der Waals surface area contributed by atoms with Crippen molar-refractivity contribution in [3.8, 4) is 5.75 Å². The van der Waals surface area contributed by atoms with Crippen molar-refractivity contribution >= 4 is 27.3 Å². The summed E-state index contributed by atoms with van der Waals surface area (Å²) in [6.07, 6.45) is 0. The highest BCUT2D eigenvalue weighted by molar-refractivity contribution is 7.92. The molecule has 0 atom stereocenters. The summed E-state index contributed by atoms with van der Waals surface area (Å²) in [5.41, 5.74) is 2.00. The highest BCUT2D eigenvalue weighted by atomic mass is 32.2. The largest absolute Gasteiger partial charge is 0.492 e. The molecule has 3 rings (SSSR count). The molecule has 7 heteroatoms. The molecule has 1 amide bonds. The Morgan fingerprint density at radius 1 is 0.938 bits per heavy atom. The van der Waals surface area contributed by atoms with Gasteiger partial charge >= 0.3 is 0 Å². The Morgan fingerprint density at radius 2 is 1.56 bits per heavy atom. The molecule has 0 fully saturated rings. The van der Waals surface area contributed by atoms with Crippen LogP contribution >= 0.6 is 0 Å². The number of sulfonamides is 1. The second-order valence-electron chi connectivity index (χ2n) is 7.55. The maximum absolute atomic E-state index is 13.4. The van der Waals surface area contributed by atoms with Crippen molar-refractivity contribution in [1.82, 2.24) is 0 Å². The van der Waals surface area contributed by atoms with E-state index in [-0.39, 0.29) is 11.4 Å². The average molecular weight is 453 g/mol. The molecule has 3 aromatic carbocycles. The van der Waals surface area contributed by atoms with E-state index >= 15 is 0 Å². The van der Waals surface area contributed by atoms with Gasteiger partial charge in [-0.05, 0) is 54.8 Å². The number of carbonyl (C=O) groups excluding carboxylic acids is 1. The average Bonchev–Trinajstić information content (AvgIpc) is 2.79. The normalized spacial score (nSPS) is 11.2. The van der Waals surface area contributed by atoms with Crippen LogP contribution in [-0.2, 0) is 14.8 Å². The molecular weight excluding hydrogens is 424 g/mol. The van der Waals surface area contributed by atoms with Crippen LogP contribution in [0.25, 0.3) is 0 Å². The van der Waals surface area contributed by atoms with Gasteiger partial charge in [0.05, 0.1) is 22.9 Å². The van der Waals surface area contributed by atoms with E-state index in [1.807, 2.05) is 25.1 Å². The number of amides is 1. The van der Waals surface area contributed by atoms with Gasteiger partial charge in [0.25, 0.3) is 10.0 Å². The third-order valence-electron chi connectivity index (χ3n) is 4.93. The summed E-state index contributed by atoms with van der Waals surface area (Å²) in [6.45, 7) is 6.06. The van der Waals surface area contributed by atoms with Crippen molar-refractivity contribution in [3.05, 3.63) is 84.4 Å². The molecule has 168 valence electrons. The molecule has 0 heterocycles. The summed E-state index contributed by atoms with van der Waals surface area (Å²) >= 11 is 0. The van der Waals surface area contributed by atoms with Crippen LogP contribution in [0.15, 0.2) is 83.8 Å². The number of ether oxygens (including phenoxy) is 1. The van der Waals surface area contributed by atoms with Crippen LogP contribution in [-0.4, -0.2) is 27.5 Å². The zero-order valence-corrected chi connectivity index (χ0v) is 19.3. The molecule has 0 saturated heterocycles. The van der Waals surface area contributed by atoms with Gasteiger partial charge in [-0.3, -0.25) is 9.10 Å². The van der Waals surface area contributed by atoms with Crippen LogP contribution in [0.5, 0.6) is 5.75 Å². The minimum absolute atomic E-state index is 0.121. The Bertz CT molecular complexity index is 1140. The SMILES string of the molecule is CCOc1ccccc1NC(=O)CN(c1ccc(C(C)C)cc1)S(=O)(=O)c1ccccc1. The van der Waals surface area contributed by atoms with Gasteiger partial charge < -0.3 is 10.1 Å². The van der Waals surface area contributed by atoms with Gasteiger partial charge in [-0.25, -0.2) is 8.42 Å². The Labute approximate surface area is 189 Å². The van der Waals surface area contributed by atoms with Gasteiger partial charge in [0.1, 0.15) is 12.3 Å². The molecule has 3 aromatic rings. The molecule has 0 aromatic heterocycles. The summed E-state index contributed by atoms with van der Waals surface area (Å²) in [6, 6.07) is 22.4. The second kappa shape index (κ2) is 10.3. The molecule has 0 bridgehead atoms. The first kappa shape index (κ1) is 23.3. The molecule has 0 aliphatic carbocycles. The maximum atomic E-state index is 13.4. The van der Waals surface area contributed by atoms with E-state index in [0.717, 1.165) is 9.87 Å². The van der Waals surface area contributed by atoms with E-state index in [9.17, 15) is 13.2 Å². The first-order valence-electron chi connectivity index (χ1n) is 10.5. The standard InChI is InChI=1S/C25H28N2O4S/c1-4-31-24-13-9-8-12-23(24)26-25(28)18-27(21-16-14-20(15-17-21)19(2)3)32(29,30)22-10-6-5-7-11-22/h5-17,19H,4,18H2,1-3H3,(H,26,28). The minimum atomic E-state index is -3.95. The molecule has 0 aliphatic rings. The molecule has 0 radical (unpaired) electrons. The van der Waals surface area contributed by atoms with E-state index in [1.54, 1.807) is 48.5 Å². The predicted octanol–water partition coefficient (Wildman–Crippen LogP) is 5.04. The summed E-state index contributed by atoms with van der Waals surface area (Å²) in [7, 11) is -3.95. The van der Waals surface area contributed by atoms with Gasteiger partial charge in [-0.2, -0.15) is 0 Å². The first-order valence-corrected chi connectivity index (χ1v) is 12.0. The molecule has 1 N–H and O–H groups in total. The Morgan fingerprint density at radius 3 is 2.19 bits per heavy atom. The highest BCUT2D eigenvalue weighted by Gasteiger charge is 2.27. The van der Waals surface area contributed by atoms with Crippen LogP contribution < -0.4 is 14.4 Å². The van der Waals surface area contributed by atoms with Crippen molar-refractivity contribution in [2.75, 3.05) is 22.8 Å². The monoisotopic (exact) mass is 452 g/mol. The lowest BCUT2D eigenvalue weighted by atomic mass is 10.0. The van der Waals surface area contributed by atoms with Crippen molar-refractivity contribution < 1.29 is 17.9 Å². The third-order valence-corrected chi connectivity index (χ3v) is 6.72. The fourth-order valence-corrected chi connectivity index (χ4v) is 4.67. The molecule has 0 spiro atoms. The number of hydrogen-bond donors (Lipinski definition) is 1. The number of benzene rings is 3. The van der Waals surface area contributed by atoms with Crippen molar-refractivity contribution in [2.24, 2.45) is 0 Å². The summed E-state index contributed by atoms with van der Waals surface area (Å²) in [4.78, 5) is 13.1. The van der Waals surface area contributed by atoms with Crippen LogP contribution in [0, 0.1) is 0 Å². The topological polar surface area (TPSA) is 75.7 Å². The van der Waals surface area contributed by atoms with Gasteiger partial charge in [-0.1, -0.05) is 56.3 Å².